The summed E-state index contributed by atoms with van der Waals surface area (Å²) in [5.74, 6) is 0.102. The Morgan fingerprint density at radius 2 is 2.04 bits per heavy atom. The average Bonchev–Trinajstić information content (AvgIpc) is 3.26. The molecule has 0 fully saturated rings. The molecule has 1 aliphatic rings. The van der Waals surface area contributed by atoms with Crippen molar-refractivity contribution in [2.24, 2.45) is 0 Å². The summed E-state index contributed by atoms with van der Waals surface area (Å²) in [6.07, 6.45) is 6.21. The number of hydrogen-bond donors (Lipinski definition) is 1. The summed E-state index contributed by atoms with van der Waals surface area (Å²) in [4.78, 5) is 18.0. The maximum Gasteiger partial charge on any atom is 0.220 e. The highest BCUT2D eigenvalue weighted by atomic mass is 32.1. The van der Waals surface area contributed by atoms with Crippen molar-refractivity contribution >= 4 is 17.2 Å². The van der Waals surface area contributed by atoms with Crippen LogP contribution in [0.1, 0.15) is 58.3 Å². The Morgan fingerprint density at radius 3 is 2.75 bits per heavy atom. The maximum atomic E-state index is 12.5. The van der Waals surface area contributed by atoms with E-state index in [9.17, 15) is 4.79 Å². The molecule has 0 bridgehead atoms. The SMILES string of the molecule is Cc1cc(C)cc(-n2ncc3c2CCCC3NC(=O)CCc2scnc2C)c1. The fourth-order valence-electron chi connectivity index (χ4n) is 4.06. The van der Waals surface area contributed by atoms with Crippen LogP contribution in [-0.2, 0) is 17.6 Å². The van der Waals surface area contributed by atoms with E-state index in [0.717, 1.165) is 42.6 Å². The molecule has 2 aromatic heterocycles. The molecule has 1 amide bonds. The molecule has 0 saturated heterocycles. The number of rotatable bonds is 5. The number of thiazole rings is 1. The fourth-order valence-corrected chi connectivity index (χ4v) is 4.84. The van der Waals surface area contributed by atoms with Gasteiger partial charge >= 0.3 is 0 Å². The summed E-state index contributed by atoms with van der Waals surface area (Å²) in [6.45, 7) is 6.22. The highest BCUT2D eigenvalue weighted by molar-refractivity contribution is 7.09. The number of fused-ring (bicyclic) bond motifs is 1. The van der Waals surface area contributed by atoms with Gasteiger partial charge in [-0.25, -0.2) is 9.67 Å². The summed E-state index contributed by atoms with van der Waals surface area (Å²) in [5, 5.41) is 7.90. The number of benzene rings is 1. The summed E-state index contributed by atoms with van der Waals surface area (Å²) >= 11 is 1.62. The van der Waals surface area contributed by atoms with Crippen LogP contribution >= 0.6 is 11.3 Å². The molecule has 1 N–H and O–H groups in total. The fraction of sp³-hybridized carbons (Fsp3) is 0.409. The lowest BCUT2D eigenvalue weighted by Gasteiger charge is -2.24. The van der Waals surface area contributed by atoms with Gasteiger partial charge in [0, 0.05) is 22.6 Å². The molecule has 6 heteroatoms. The van der Waals surface area contributed by atoms with Crippen molar-refractivity contribution in [1.82, 2.24) is 20.1 Å². The highest BCUT2D eigenvalue weighted by Crippen LogP contribution is 2.31. The lowest BCUT2D eigenvalue weighted by atomic mass is 9.92. The number of hydrogen-bond acceptors (Lipinski definition) is 4. The van der Waals surface area contributed by atoms with Crippen LogP contribution in [-0.4, -0.2) is 20.7 Å². The zero-order valence-electron chi connectivity index (χ0n) is 16.7. The standard InChI is InChI=1S/C22H26N4OS/c1-14-9-15(2)11-17(10-14)26-20-6-4-5-19(18(20)12-24-26)25-22(27)8-7-21-16(3)23-13-28-21/h9-13,19H,4-8H2,1-3H3,(H,25,27). The van der Waals surface area contributed by atoms with E-state index >= 15 is 0 Å². The number of nitrogens with one attached hydrogen (secondary N) is 1. The van der Waals surface area contributed by atoms with Crippen LogP contribution in [0, 0.1) is 20.8 Å². The van der Waals surface area contributed by atoms with Crippen molar-refractivity contribution in [3.63, 3.8) is 0 Å². The molecule has 0 spiro atoms. The van der Waals surface area contributed by atoms with Gasteiger partial charge in [0.1, 0.15) is 0 Å². The van der Waals surface area contributed by atoms with Crippen LogP contribution in [0.4, 0.5) is 0 Å². The predicted octanol–water partition coefficient (Wildman–Crippen LogP) is 4.38. The van der Waals surface area contributed by atoms with Crippen LogP contribution < -0.4 is 5.32 Å². The van der Waals surface area contributed by atoms with Crippen molar-refractivity contribution in [3.05, 3.63) is 62.9 Å². The molecule has 3 aromatic rings. The molecular formula is C22H26N4OS. The monoisotopic (exact) mass is 394 g/mol. The second-order valence-electron chi connectivity index (χ2n) is 7.68. The summed E-state index contributed by atoms with van der Waals surface area (Å²) < 4.78 is 2.05. The van der Waals surface area contributed by atoms with E-state index in [1.165, 1.54) is 21.7 Å². The first-order chi connectivity index (χ1) is 13.5. The largest absolute Gasteiger partial charge is 0.349 e. The Hall–Kier alpha value is -2.47. The van der Waals surface area contributed by atoms with Crippen molar-refractivity contribution in [2.75, 3.05) is 0 Å². The summed E-state index contributed by atoms with van der Waals surface area (Å²) in [5.41, 5.74) is 8.83. The molecule has 1 unspecified atom stereocenters. The minimum Gasteiger partial charge on any atom is -0.349 e. The zero-order valence-corrected chi connectivity index (χ0v) is 17.5. The Kier molecular flexibility index (Phi) is 5.31. The van der Waals surface area contributed by atoms with Gasteiger partial charge in [-0.05, 0) is 69.7 Å². The molecule has 1 aromatic carbocycles. The van der Waals surface area contributed by atoms with Crippen LogP contribution in [0.5, 0.6) is 0 Å². The first-order valence-electron chi connectivity index (χ1n) is 9.85. The lowest BCUT2D eigenvalue weighted by Crippen LogP contribution is -2.31. The normalized spacial score (nSPS) is 16.0. The number of amides is 1. The summed E-state index contributed by atoms with van der Waals surface area (Å²) in [7, 11) is 0. The minimum absolute atomic E-state index is 0.0541. The van der Waals surface area contributed by atoms with Crippen molar-refractivity contribution < 1.29 is 4.79 Å². The third-order valence-electron chi connectivity index (χ3n) is 5.39. The van der Waals surface area contributed by atoms with Crippen molar-refractivity contribution in [3.8, 4) is 5.69 Å². The van der Waals surface area contributed by atoms with Crippen molar-refractivity contribution in [2.45, 2.75) is 58.9 Å². The van der Waals surface area contributed by atoms with Crippen LogP contribution in [0.25, 0.3) is 5.69 Å². The Morgan fingerprint density at radius 1 is 1.25 bits per heavy atom. The second-order valence-corrected chi connectivity index (χ2v) is 8.62. The van der Waals surface area contributed by atoms with Gasteiger partial charge in [-0.3, -0.25) is 4.79 Å². The van der Waals surface area contributed by atoms with Gasteiger partial charge in [0.2, 0.25) is 5.91 Å². The van der Waals surface area contributed by atoms with E-state index in [2.05, 4.69) is 47.4 Å². The number of aryl methyl sites for hydroxylation is 4. The molecule has 1 atom stereocenters. The molecular weight excluding hydrogens is 368 g/mol. The number of nitrogens with zero attached hydrogens (tertiary/aromatic N) is 3. The zero-order chi connectivity index (χ0) is 19.7. The van der Waals surface area contributed by atoms with Crippen LogP contribution in [0.15, 0.2) is 29.9 Å². The minimum atomic E-state index is 0.0541. The van der Waals surface area contributed by atoms with Gasteiger partial charge < -0.3 is 5.32 Å². The maximum absolute atomic E-state index is 12.5. The van der Waals surface area contributed by atoms with Gasteiger partial charge in [-0.1, -0.05) is 6.07 Å². The van der Waals surface area contributed by atoms with Crippen molar-refractivity contribution in [1.29, 1.82) is 0 Å². The topological polar surface area (TPSA) is 59.8 Å². The smallest absolute Gasteiger partial charge is 0.220 e. The van der Waals surface area contributed by atoms with Crippen LogP contribution in [0.2, 0.25) is 0 Å². The van der Waals surface area contributed by atoms with E-state index in [0.29, 0.717) is 6.42 Å². The van der Waals surface area contributed by atoms with Gasteiger partial charge in [0.05, 0.1) is 29.1 Å². The molecule has 4 rings (SSSR count). The quantitative estimate of drug-likeness (QED) is 0.699. The molecule has 0 saturated carbocycles. The first-order valence-corrected chi connectivity index (χ1v) is 10.7. The molecule has 0 aliphatic heterocycles. The third kappa shape index (κ3) is 3.87. The molecule has 5 nitrogen and oxygen atoms in total. The average molecular weight is 395 g/mol. The molecule has 28 heavy (non-hydrogen) atoms. The summed E-state index contributed by atoms with van der Waals surface area (Å²) in [6, 6.07) is 6.56. The number of carbonyl (C=O) groups excluding carboxylic acids is 1. The predicted molar refractivity (Wildman–Crippen MR) is 112 cm³/mol. The van der Waals surface area contributed by atoms with E-state index in [-0.39, 0.29) is 11.9 Å². The van der Waals surface area contributed by atoms with E-state index < -0.39 is 0 Å². The number of aromatic nitrogens is 3. The first kappa shape index (κ1) is 18.9. The van der Waals surface area contributed by atoms with E-state index in [1.54, 1.807) is 11.3 Å². The van der Waals surface area contributed by atoms with Gasteiger partial charge in [-0.15, -0.1) is 11.3 Å². The van der Waals surface area contributed by atoms with Gasteiger partial charge in [-0.2, -0.15) is 5.10 Å². The van der Waals surface area contributed by atoms with E-state index in [1.807, 2.05) is 23.3 Å². The molecule has 146 valence electrons. The molecule has 1 aliphatic carbocycles. The van der Waals surface area contributed by atoms with Crippen LogP contribution in [0.3, 0.4) is 0 Å². The molecule has 2 heterocycles. The lowest BCUT2D eigenvalue weighted by molar-refractivity contribution is -0.121. The Balaban J connectivity index is 1.49. The third-order valence-corrected chi connectivity index (χ3v) is 6.39. The highest BCUT2D eigenvalue weighted by Gasteiger charge is 2.26. The second kappa shape index (κ2) is 7.87. The Labute approximate surface area is 169 Å². The van der Waals surface area contributed by atoms with Gasteiger partial charge in [0.15, 0.2) is 0 Å². The van der Waals surface area contributed by atoms with Gasteiger partial charge in [0.25, 0.3) is 0 Å². The number of carbonyl (C=O) groups is 1. The Bertz CT molecular complexity index is 984. The molecule has 0 radical (unpaired) electrons. The van der Waals surface area contributed by atoms with E-state index in [4.69, 9.17) is 0 Å².